The molecule has 1 amide bonds. The minimum atomic E-state index is -2.68. The Morgan fingerprint density at radius 1 is 1.50 bits per heavy atom. The van der Waals surface area contributed by atoms with E-state index in [-0.39, 0.29) is 12.8 Å². The number of hydrogen-bond donors (Lipinski definition) is 1. The lowest BCUT2D eigenvalue weighted by atomic mass is 9.81. The summed E-state index contributed by atoms with van der Waals surface area (Å²) < 4.78 is 25.1. The van der Waals surface area contributed by atoms with Gasteiger partial charge in [0.05, 0.1) is 11.9 Å². The van der Waals surface area contributed by atoms with E-state index in [2.05, 4.69) is 10.3 Å². The van der Waals surface area contributed by atoms with Gasteiger partial charge in [0.2, 0.25) is 11.8 Å². The van der Waals surface area contributed by atoms with Crippen molar-refractivity contribution in [2.75, 3.05) is 5.32 Å². The van der Waals surface area contributed by atoms with Crippen molar-refractivity contribution < 1.29 is 13.6 Å². The average molecular weight is 247 g/mol. The molecule has 0 bridgehead atoms. The predicted molar refractivity (Wildman–Crippen MR) is 55.5 cm³/mol. The number of nitrogens with zero attached hydrogens (tertiary/aromatic N) is 1. The summed E-state index contributed by atoms with van der Waals surface area (Å²) in [6, 6.07) is 3.09. The smallest absolute Gasteiger partial charge is 0.249 e. The molecule has 16 heavy (non-hydrogen) atoms. The summed E-state index contributed by atoms with van der Waals surface area (Å²) in [5, 5.41) is 2.83. The lowest BCUT2D eigenvalue weighted by Crippen LogP contribution is -2.42. The first-order valence-corrected chi connectivity index (χ1v) is 5.14. The zero-order valence-electron chi connectivity index (χ0n) is 8.21. The standard InChI is InChI=1S/C10H9ClF2N2O/c11-8-2-1-7(5-14-8)15-9(16)6-3-10(12,13)4-6/h1-2,5-6H,3-4H2,(H,15,16). The molecule has 1 fully saturated rings. The van der Waals surface area contributed by atoms with E-state index in [1.54, 1.807) is 6.07 Å². The first-order chi connectivity index (χ1) is 7.46. The summed E-state index contributed by atoms with van der Waals surface area (Å²) in [6.45, 7) is 0. The number of carbonyl (C=O) groups is 1. The Hall–Kier alpha value is -1.23. The maximum atomic E-state index is 12.5. The molecule has 3 nitrogen and oxygen atoms in total. The number of rotatable bonds is 2. The number of pyridine rings is 1. The van der Waals surface area contributed by atoms with Crippen LogP contribution in [0.4, 0.5) is 14.5 Å². The van der Waals surface area contributed by atoms with E-state index in [0.29, 0.717) is 10.8 Å². The third-order valence-electron chi connectivity index (χ3n) is 2.46. The molecule has 6 heteroatoms. The lowest BCUT2D eigenvalue weighted by Gasteiger charge is -2.33. The van der Waals surface area contributed by atoms with Crippen molar-refractivity contribution in [3.05, 3.63) is 23.5 Å². The van der Waals surface area contributed by atoms with Gasteiger partial charge in [-0.3, -0.25) is 4.79 Å². The van der Waals surface area contributed by atoms with E-state index in [1.165, 1.54) is 12.3 Å². The Labute approximate surface area is 95.8 Å². The number of halogens is 3. The van der Waals surface area contributed by atoms with Gasteiger partial charge in [-0.2, -0.15) is 0 Å². The molecule has 1 aromatic heterocycles. The van der Waals surface area contributed by atoms with Crippen molar-refractivity contribution in [2.24, 2.45) is 5.92 Å². The first kappa shape index (κ1) is 11.3. The third-order valence-corrected chi connectivity index (χ3v) is 2.68. The molecule has 1 saturated carbocycles. The topological polar surface area (TPSA) is 42.0 Å². The highest BCUT2D eigenvalue weighted by Crippen LogP contribution is 2.42. The molecule has 0 aliphatic heterocycles. The zero-order chi connectivity index (χ0) is 11.8. The Kier molecular flexibility index (Phi) is 2.80. The SMILES string of the molecule is O=C(Nc1ccc(Cl)nc1)C1CC(F)(F)C1. The Morgan fingerprint density at radius 2 is 2.19 bits per heavy atom. The van der Waals surface area contributed by atoms with Crippen LogP contribution >= 0.6 is 11.6 Å². The lowest BCUT2D eigenvalue weighted by molar-refractivity contribution is -0.145. The molecular weight excluding hydrogens is 238 g/mol. The molecule has 1 heterocycles. The van der Waals surface area contributed by atoms with Gasteiger partial charge in [-0.15, -0.1) is 0 Å². The van der Waals surface area contributed by atoms with E-state index in [9.17, 15) is 13.6 Å². The van der Waals surface area contributed by atoms with Crippen LogP contribution in [0.3, 0.4) is 0 Å². The van der Waals surface area contributed by atoms with Crippen LogP contribution in [0.2, 0.25) is 5.15 Å². The molecule has 0 spiro atoms. The number of alkyl halides is 2. The fourth-order valence-electron chi connectivity index (χ4n) is 1.54. The molecule has 1 N–H and O–H groups in total. The summed E-state index contributed by atoms with van der Waals surface area (Å²) in [4.78, 5) is 15.2. The Balaban J connectivity index is 1.91. The second kappa shape index (κ2) is 3.97. The van der Waals surface area contributed by atoms with Crippen molar-refractivity contribution >= 4 is 23.2 Å². The molecule has 2 rings (SSSR count). The number of hydrogen-bond acceptors (Lipinski definition) is 2. The fourth-order valence-corrected chi connectivity index (χ4v) is 1.65. The molecule has 1 aromatic rings. The Morgan fingerprint density at radius 3 is 2.69 bits per heavy atom. The number of carbonyl (C=O) groups excluding carboxylic acids is 1. The van der Waals surface area contributed by atoms with E-state index in [4.69, 9.17) is 11.6 Å². The molecular formula is C10H9ClF2N2O. The summed E-state index contributed by atoms with van der Waals surface area (Å²) in [6.07, 6.45) is 0.636. The van der Waals surface area contributed by atoms with Gasteiger partial charge in [0.1, 0.15) is 5.15 Å². The monoisotopic (exact) mass is 246 g/mol. The van der Waals surface area contributed by atoms with Gasteiger partial charge in [0, 0.05) is 18.8 Å². The number of anilines is 1. The minimum Gasteiger partial charge on any atom is -0.324 e. The van der Waals surface area contributed by atoms with Gasteiger partial charge in [0.15, 0.2) is 0 Å². The highest BCUT2D eigenvalue weighted by molar-refractivity contribution is 6.29. The van der Waals surface area contributed by atoms with Crippen molar-refractivity contribution in [1.29, 1.82) is 0 Å². The van der Waals surface area contributed by atoms with Gasteiger partial charge < -0.3 is 5.32 Å². The van der Waals surface area contributed by atoms with Gasteiger partial charge >= 0.3 is 0 Å². The third kappa shape index (κ3) is 2.47. The molecule has 0 radical (unpaired) electrons. The average Bonchev–Trinajstić information content (AvgIpc) is 2.18. The van der Waals surface area contributed by atoms with Crippen LogP contribution in [-0.2, 0) is 4.79 Å². The molecule has 1 aliphatic rings. The maximum Gasteiger partial charge on any atom is 0.249 e. The van der Waals surface area contributed by atoms with Gasteiger partial charge in [-0.05, 0) is 12.1 Å². The summed E-state index contributed by atoms with van der Waals surface area (Å²) in [7, 11) is 0. The molecule has 1 aliphatic carbocycles. The van der Waals surface area contributed by atoms with Crippen LogP contribution in [0.25, 0.3) is 0 Å². The van der Waals surface area contributed by atoms with Gasteiger partial charge in [0.25, 0.3) is 0 Å². The fraction of sp³-hybridized carbons (Fsp3) is 0.400. The highest BCUT2D eigenvalue weighted by atomic mass is 35.5. The summed E-state index contributed by atoms with van der Waals surface area (Å²) in [5.41, 5.74) is 0.463. The van der Waals surface area contributed by atoms with E-state index in [1.807, 2.05) is 0 Å². The van der Waals surface area contributed by atoms with E-state index >= 15 is 0 Å². The first-order valence-electron chi connectivity index (χ1n) is 4.76. The Bertz CT molecular complexity index is 400. The normalized spacial score (nSPS) is 18.9. The minimum absolute atomic E-state index is 0.313. The quantitative estimate of drug-likeness (QED) is 0.816. The van der Waals surface area contributed by atoms with E-state index in [0.717, 1.165) is 0 Å². The van der Waals surface area contributed by atoms with Crippen molar-refractivity contribution in [1.82, 2.24) is 4.98 Å². The summed E-state index contributed by atoms with van der Waals surface area (Å²) >= 11 is 5.56. The van der Waals surface area contributed by atoms with Crippen molar-refractivity contribution in [3.63, 3.8) is 0 Å². The van der Waals surface area contributed by atoms with Crippen LogP contribution < -0.4 is 5.32 Å². The summed E-state index contributed by atoms with van der Waals surface area (Å²) in [5.74, 6) is -3.68. The van der Waals surface area contributed by atoms with Crippen molar-refractivity contribution in [3.8, 4) is 0 Å². The molecule has 0 aromatic carbocycles. The maximum absolute atomic E-state index is 12.5. The van der Waals surface area contributed by atoms with Gasteiger partial charge in [-0.1, -0.05) is 11.6 Å². The van der Waals surface area contributed by atoms with Crippen LogP contribution in [-0.4, -0.2) is 16.8 Å². The molecule has 0 saturated heterocycles. The zero-order valence-corrected chi connectivity index (χ0v) is 8.97. The number of aromatic nitrogens is 1. The van der Waals surface area contributed by atoms with Crippen LogP contribution in [0.15, 0.2) is 18.3 Å². The largest absolute Gasteiger partial charge is 0.324 e. The van der Waals surface area contributed by atoms with Crippen LogP contribution in [0, 0.1) is 5.92 Å². The number of amides is 1. The second-order valence-corrected chi connectivity index (χ2v) is 4.21. The van der Waals surface area contributed by atoms with Crippen LogP contribution in [0.1, 0.15) is 12.8 Å². The van der Waals surface area contributed by atoms with Crippen LogP contribution in [0.5, 0.6) is 0 Å². The predicted octanol–water partition coefficient (Wildman–Crippen LogP) is 2.72. The number of nitrogens with one attached hydrogen (secondary N) is 1. The molecule has 0 unspecified atom stereocenters. The van der Waals surface area contributed by atoms with E-state index < -0.39 is 17.7 Å². The second-order valence-electron chi connectivity index (χ2n) is 3.82. The van der Waals surface area contributed by atoms with Crippen molar-refractivity contribution in [2.45, 2.75) is 18.8 Å². The van der Waals surface area contributed by atoms with Gasteiger partial charge in [-0.25, -0.2) is 13.8 Å². The highest BCUT2D eigenvalue weighted by Gasteiger charge is 2.48. The molecule has 86 valence electrons. The molecule has 0 atom stereocenters.